The summed E-state index contributed by atoms with van der Waals surface area (Å²) >= 11 is 1.72. The smallest absolute Gasteiger partial charge is 0.229 e. The lowest BCUT2D eigenvalue weighted by Crippen LogP contribution is -2.27. The van der Waals surface area contributed by atoms with Gasteiger partial charge in [-0.25, -0.2) is 0 Å². The van der Waals surface area contributed by atoms with Crippen LogP contribution in [-0.2, 0) is 16.0 Å². The van der Waals surface area contributed by atoms with Crippen LogP contribution in [0.5, 0.6) is 0 Å². The molecule has 2 amide bonds. The second kappa shape index (κ2) is 8.11. The highest BCUT2D eigenvalue weighted by molar-refractivity contribution is 7.09. The third-order valence-corrected chi connectivity index (χ3v) is 4.45. The van der Waals surface area contributed by atoms with Crippen molar-refractivity contribution >= 4 is 34.5 Å². The molecule has 24 heavy (non-hydrogen) atoms. The van der Waals surface area contributed by atoms with Crippen molar-refractivity contribution in [2.24, 2.45) is 5.41 Å². The summed E-state index contributed by atoms with van der Waals surface area (Å²) in [5, 5.41) is 7.80. The zero-order valence-electron chi connectivity index (χ0n) is 14.4. The molecular formula is C19H24N2O2S. The van der Waals surface area contributed by atoms with E-state index in [9.17, 15) is 9.59 Å². The Morgan fingerprint density at radius 2 is 1.62 bits per heavy atom. The van der Waals surface area contributed by atoms with Gasteiger partial charge < -0.3 is 10.6 Å². The molecule has 4 nitrogen and oxygen atoms in total. The van der Waals surface area contributed by atoms with Crippen LogP contribution in [0.4, 0.5) is 11.4 Å². The molecule has 0 saturated heterocycles. The van der Waals surface area contributed by atoms with Gasteiger partial charge in [0.15, 0.2) is 0 Å². The van der Waals surface area contributed by atoms with Crippen molar-refractivity contribution in [2.75, 3.05) is 10.6 Å². The molecule has 0 fully saturated rings. The maximum atomic E-state index is 12.0. The molecular weight excluding hydrogens is 320 g/mol. The molecule has 0 aliphatic carbocycles. The SMILES string of the molecule is CC(C)(C)C(=O)Nc1ccc(NC(=O)CCCc2cccs2)cc1. The van der Waals surface area contributed by atoms with Gasteiger partial charge in [-0.2, -0.15) is 0 Å². The van der Waals surface area contributed by atoms with Crippen molar-refractivity contribution < 1.29 is 9.59 Å². The Morgan fingerprint density at radius 1 is 1.00 bits per heavy atom. The number of nitrogens with one attached hydrogen (secondary N) is 2. The molecule has 0 saturated carbocycles. The van der Waals surface area contributed by atoms with Crippen molar-refractivity contribution in [1.29, 1.82) is 0 Å². The van der Waals surface area contributed by atoms with E-state index < -0.39 is 5.41 Å². The Balaban J connectivity index is 1.78. The van der Waals surface area contributed by atoms with Gasteiger partial charge in [0.1, 0.15) is 0 Å². The highest BCUT2D eigenvalue weighted by Crippen LogP contribution is 2.19. The van der Waals surface area contributed by atoms with Gasteiger partial charge in [-0.1, -0.05) is 26.8 Å². The molecule has 1 heterocycles. The van der Waals surface area contributed by atoms with Crippen LogP contribution in [0.2, 0.25) is 0 Å². The van der Waals surface area contributed by atoms with Crippen molar-refractivity contribution in [3.05, 3.63) is 46.7 Å². The monoisotopic (exact) mass is 344 g/mol. The topological polar surface area (TPSA) is 58.2 Å². The maximum absolute atomic E-state index is 12.0. The van der Waals surface area contributed by atoms with Gasteiger partial charge >= 0.3 is 0 Å². The second-order valence-electron chi connectivity index (χ2n) is 6.76. The molecule has 2 aromatic rings. The summed E-state index contributed by atoms with van der Waals surface area (Å²) in [6, 6.07) is 11.3. The number of rotatable bonds is 6. The van der Waals surface area contributed by atoms with Crippen LogP contribution in [0.25, 0.3) is 0 Å². The van der Waals surface area contributed by atoms with Crippen LogP contribution in [-0.4, -0.2) is 11.8 Å². The van der Waals surface area contributed by atoms with Crippen molar-refractivity contribution in [1.82, 2.24) is 0 Å². The molecule has 5 heteroatoms. The van der Waals surface area contributed by atoms with E-state index in [1.54, 1.807) is 35.6 Å². The molecule has 0 unspecified atom stereocenters. The number of anilines is 2. The molecule has 0 bridgehead atoms. The van der Waals surface area contributed by atoms with Crippen LogP contribution in [0.1, 0.15) is 38.5 Å². The molecule has 0 radical (unpaired) electrons. The number of hydrogen-bond donors (Lipinski definition) is 2. The van der Waals surface area contributed by atoms with Gasteiger partial charge in [-0.15, -0.1) is 11.3 Å². The molecule has 0 atom stereocenters. The van der Waals surface area contributed by atoms with Gasteiger partial charge in [-0.3, -0.25) is 9.59 Å². The average Bonchev–Trinajstić information content (AvgIpc) is 3.01. The van der Waals surface area contributed by atoms with E-state index in [1.165, 1.54) is 4.88 Å². The number of amides is 2. The predicted octanol–water partition coefficient (Wildman–Crippen LogP) is 4.69. The molecule has 0 aliphatic rings. The number of thiophene rings is 1. The number of carbonyl (C=O) groups excluding carboxylic acids is 2. The minimum atomic E-state index is -0.435. The van der Waals surface area contributed by atoms with Crippen LogP contribution >= 0.6 is 11.3 Å². The highest BCUT2D eigenvalue weighted by Gasteiger charge is 2.20. The Kier molecular flexibility index (Phi) is 6.15. The summed E-state index contributed by atoms with van der Waals surface area (Å²) in [6.07, 6.45) is 2.27. The van der Waals surface area contributed by atoms with Crippen molar-refractivity contribution in [3.8, 4) is 0 Å². The highest BCUT2D eigenvalue weighted by atomic mass is 32.1. The molecule has 1 aromatic heterocycles. The maximum Gasteiger partial charge on any atom is 0.229 e. The Morgan fingerprint density at radius 3 is 2.17 bits per heavy atom. The second-order valence-corrected chi connectivity index (χ2v) is 7.79. The first-order valence-corrected chi connectivity index (χ1v) is 8.96. The van der Waals surface area contributed by atoms with E-state index in [0.29, 0.717) is 6.42 Å². The van der Waals surface area contributed by atoms with Crippen molar-refractivity contribution in [2.45, 2.75) is 40.0 Å². The van der Waals surface area contributed by atoms with Crippen molar-refractivity contribution in [3.63, 3.8) is 0 Å². The van der Waals surface area contributed by atoms with E-state index >= 15 is 0 Å². The molecule has 0 spiro atoms. The zero-order valence-corrected chi connectivity index (χ0v) is 15.2. The van der Waals surface area contributed by atoms with Gasteiger partial charge in [0.2, 0.25) is 11.8 Å². The third kappa shape index (κ3) is 5.81. The van der Waals surface area contributed by atoms with Crippen LogP contribution in [0.15, 0.2) is 41.8 Å². The van der Waals surface area contributed by atoms with E-state index in [0.717, 1.165) is 24.2 Å². The minimum Gasteiger partial charge on any atom is -0.326 e. The summed E-state index contributed by atoms with van der Waals surface area (Å²) in [4.78, 5) is 25.2. The number of benzene rings is 1. The van der Waals surface area contributed by atoms with Gasteiger partial charge in [0.05, 0.1) is 0 Å². The fourth-order valence-corrected chi connectivity index (χ4v) is 2.81. The standard InChI is InChI=1S/C19H24N2O2S/c1-19(2,3)18(23)21-15-11-9-14(10-12-15)20-17(22)8-4-6-16-7-5-13-24-16/h5,7,9-13H,4,6,8H2,1-3H3,(H,20,22)(H,21,23). The summed E-state index contributed by atoms with van der Waals surface area (Å²) in [5.41, 5.74) is 1.03. The average molecular weight is 344 g/mol. The first kappa shape index (κ1) is 18.2. The molecule has 2 N–H and O–H groups in total. The molecule has 1 aromatic carbocycles. The first-order valence-electron chi connectivity index (χ1n) is 8.08. The van der Waals surface area contributed by atoms with E-state index in [4.69, 9.17) is 0 Å². The van der Waals surface area contributed by atoms with Crippen LogP contribution in [0.3, 0.4) is 0 Å². The number of hydrogen-bond acceptors (Lipinski definition) is 3. The van der Waals surface area contributed by atoms with Crippen LogP contribution in [0, 0.1) is 5.41 Å². The molecule has 128 valence electrons. The fourth-order valence-electron chi connectivity index (χ4n) is 2.06. The fraction of sp³-hybridized carbons (Fsp3) is 0.368. The van der Waals surface area contributed by atoms with E-state index in [2.05, 4.69) is 22.1 Å². The van der Waals surface area contributed by atoms with Gasteiger partial charge in [0, 0.05) is 28.1 Å². The summed E-state index contributed by atoms with van der Waals surface area (Å²) < 4.78 is 0. The Bertz CT molecular complexity index is 670. The lowest BCUT2D eigenvalue weighted by atomic mass is 9.95. The lowest BCUT2D eigenvalue weighted by molar-refractivity contribution is -0.123. The van der Waals surface area contributed by atoms with E-state index in [1.807, 2.05) is 26.8 Å². The normalized spacial score (nSPS) is 11.1. The predicted molar refractivity (Wildman–Crippen MR) is 100 cm³/mol. The zero-order chi connectivity index (χ0) is 17.6. The number of carbonyl (C=O) groups is 2. The van der Waals surface area contributed by atoms with E-state index in [-0.39, 0.29) is 11.8 Å². The van der Waals surface area contributed by atoms with Gasteiger partial charge in [0.25, 0.3) is 0 Å². The van der Waals surface area contributed by atoms with Crippen LogP contribution < -0.4 is 10.6 Å². The summed E-state index contributed by atoms with van der Waals surface area (Å²) in [7, 11) is 0. The minimum absolute atomic E-state index is 0.0121. The third-order valence-electron chi connectivity index (χ3n) is 3.51. The Labute approximate surface area is 147 Å². The molecule has 0 aliphatic heterocycles. The summed E-state index contributed by atoms with van der Waals surface area (Å²) in [5.74, 6) is -0.0223. The number of aryl methyl sites for hydroxylation is 1. The largest absolute Gasteiger partial charge is 0.326 e. The molecule has 2 rings (SSSR count). The summed E-state index contributed by atoms with van der Waals surface area (Å²) in [6.45, 7) is 5.60. The Hall–Kier alpha value is -2.14. The first-order chi connectivity index (χ1) is 11.3. The quantitative estimate of drug-likeness (QED) is 0.798. The van der Waals surface area contributed by atoms with Gasteiger partial charge in [-0.05, 0) is 48.6 Å². The lowest BCUT2D eigenvalue weighted by Gasteiger charge is -2.17.